The third kappa shape index (κ3) is 8.06. The monoisotopic (exact) mass is 628 g/mol. The Morgan fingerprint density at radius 1 is 0.881 bits per heavy atom. The average Bonchev–Trinajstić information content (AvgIpc) is 2.99. The molecule has 216 valence electrons. The predicted molar refractivity (Wildman–Crippen MR) is 160 cm³/mol. The highest BCUT2D eigenvalue weighted by atomic mass is 35.5. The van der Waals surface area contributed by atoms with Gasteiger partial charge in [0.15, 0.2) is 6.61 Å². The van der Waals surface area contributed by atoms with E-state index in [2.05, 4.69) is 15.8 Å². The minimum atomic E-state index is -4.18. The second-order valence-corrected chi connectivity index (χ2v) is 11.3. The molecule has 0 unspecified atom stereocenters. The largest absolute Gasteiger partial charge is 0.484 e. The number of amides is 2. The smallest absolute Gasteiger partial charge is 0.264 e. The zero-order valence-electron chi connectivity index (χ0n) is 21.7. The topological polar surface area (TPSA) is 117 Å². The first-order chi connectivity index (χ1) is 20.1. The number of hydrazone groups is 1. The maximum Gasteiger partial charge on any atom is 0.264 e. The number of ether oxygens (including phenoxy) is 1. The Labute approximate surface area is 251 Å². The molecule has 0 bridgehead atoms. The van der Waals surface area contributed by atoms with Gasteiger partial charge in [0.25, 0.3) is 21.8 Å². The first-order valence-corrected chi connectivity index (χ1v) is 14.4. The molecule has 0 aromatic heterocycles. The number of halogens is 3. The van der Waals surface area contributed by atoms with E-state index in [1.54, 1.807) is 42.5 Å². The molecule has 2 N–H and O–H groups in total. The summed E-state index contributed by atoms with van der Waals surface area (Å²) in [5.41, 5.74) is 3.38. The molecule has 0 saturated carbocycles. The van der Waals surface area contributed by atoms with Gasteiger partial charge >= 0.3 is 0 Å². The molecule has 13 heteroatoms. The molecule has 0 fully saturated rings. The maximum absolute atomic E-state index is 13.4. The van der Waals surface area contributed by atoms with Crippen molar-refractivity contribution in [3.05, 3.63) is 118 Å². The molecule has 4 aromatic carbocycles. The number of rotatable bonds is 11. The van der Waals surface area contributed by atoms with E-state index in [0.717, 1.165) is 4.31 Å². The Bertz CT molecular complexity index is 1690. The van der Waals surface area contributed by atoms with Crippen LogP contribution in [0.2, 0.25) is 10.0 Å². The molecule has 42 heavy (non-hydrogen) atoms. The van der Waals surface area contributed by atoms with E-state index in [1.165, 1.54) is 60.8 Å². The quantitative estimate of drug-likeness (QED) is 0.168. The summed E-state index contributed by atoms with van der Waals surface area (Å²) in [6, 6.07) is 23.9. The molecule has 4 rings (SSSR count). The van der Waals surface area contributed by atoms with Gasteiger partial charge in [0, 0.05) is 5.69 Å². The van der Waals surface area contributed by atoms with Gasteiger partial charge in [-0.3, -0.25) is 13.9 Å². The van der Waals surface area contributed by atoms with Gasteiger partial charge < -0.3 is 10.1 Å². The summed E-state index contributed by atoms with van der Waals surface area (Å²) in [6.45, 7) is -0.888. The van der Waals surface area contributed by atoms with Crippen LogP contribution in [0.3, 0.4) is 0 Å². The fraction of sp³-hybridized carbons (Fsp3) is 0.0690. The van der Waals surface area contributed by atoms with Crippen LogP contribution >= 0.6 is 23.2 Å². The molecule has 0 aliphatic rings. The molecule has 0 spiro atoms. The van der Waals surface area contributed by atoms with Crippen LogP contribution in [0.25, 0.3) is 0 Å². The number of nitrogens with zero attached hydrogens (tertiary/aromatic N) is 2. The van der Waals surface area contributed by atoms with Crippen LogP contribution in [-0.2, 0) is 19.6 Å². The molecular formula is C29H23Cl2FN4O5S. The molecule has 0 aliphatic carbocycles. The van der Waals surface area contributed by atoms with Gasteiger partial charge in [0.1, 0.15) is 18.1 Å². The minimum absolute atomic E-state index is 0.0229. The number of carbonyl (C=O) groups is 2. The number of hydrogen-bond acceptors (Lipinski definition) is 6. The van der Waals surface area contributed by atoms with Crippen molar-refractivity contribution in [1.82, 2.24) is 5.43 Å². The van der Waals surface area contributed by atoms with E-state index in [4.69, 9.17) is 27.9 Å². The van der Waals surface area contributed by atoms with Crippen LogP contribution in [0.4, 0.5) is 15.8 Å². The van der Waals surface area contributed by atoms with Crippen molar-refractivity contribution in [3.63, 3.8) is 0 Å². The average molecular weight is 629 g/mol. The molecule has 0 radical (unpaired) electrons. The van der Waals surface area contributed by atoms with Crippen LogP contribution in [0, 0.1) is 5.82 Å². The lowest BCUT2D eigenvalue weighted by molar-refractivity contribution is -0.119. The fourth-order valence-electron chi connectivity index (χ4n) is 3.58. The highest BCUT2D eigenvalue weighted by Crippen LogP contribution is 2.35. The van der Waals surface area contributed by atoms with Gasteiger partial charge in [0.05, 0.1) is 26.8 Å². The minimum Gasteiger partial charge on any atom is -0.484 e. The first kappa shape index (κ1) is 30.5. The van der Waals surface area contributed by atoms with Crippen molar-refractivity contribution >= 4 is 62.6 Å². The van der Waals surface area contributed by atoms with Crippen LogP contribution in [0.15, 0.2) is 107 Å². The third-order valence-corrected chi connectivity index (χ3v) is 8.18. The number of sulfonamides is 1. The van der Waals surface area contributed by atoms with Gasteiger partial charge in [-0.15, -0.1) is 0 Å². The third-order valence-electron chi connectivity index (χ3n) is 5.60. The zero-order chi connectivity index (χ0) is 30.1. The van der Waals surface area contributed by atoms with E-state index in [0.29, 0.717) is 17.0 Å². The van der Waals surface area contributed by atoms with Crippen molar-refractivity contribution < 1.29 is 27.1 Å². The number of hydrogen-bond donors (Lipinski definition) is 2. The van der Waals surface area contributed by atoms with E-state index >= 15 is 0 Å². The summed E-state index contributed by atoms with van der Waals surface area (Å²) in [7, 11) is -4.18. The predicted octanol–water partition coefficient (Wildman–Crippen LogP) is 5.50. The number of anilines is 2. The van der Waals surface area contributed by atoms with Crippen LogP contribution in [0.5, 0.6) is 5.75 Å². The van der Waals surface area contributed by atoms with E-state index < -0.39 is 34.2 Å². The lowest BCUT2D eigenvalue weighted by atomic mass is 10.2. The molecule has 0 atom stereocenters. The first-order valence-electron chi connectivity index (χ1n) is 12.3. The molecule has 0 heterocycles. The van der Waals surface area contributed by atoms with Crippen LogP contribution in [0.1, 0.15) is 5.56 Å². The van der Waals surface area contributed by atoms with Crippen molar-refractivity contribution in [2.24, 2.45) is 5.10 Å². The van der Waals surface area contributed by atoms with Gasteiger partial charge in [-0.1, -0.05) is 47.5 Å². The van der Waals surface area contributed by atoms with Crippen LogP contribution in [-0.4, -0.2) is 39.6 Å². The van der Waals surface area contributed by atoms with Gasteiger partial charge in [-0.2, -0.15) is 5.10 Å². The van der Waals surface area contributed by atoms with E-state index in [9.17, 15) is 22.4 Å². The lowest BCUT2D eigenvalue weighted by Gasteiger charge is -2.24. The Morgan fingerprint density at radius 2 is 1.57 bits per heavy atom. The van der Waals surface area contributed by atoms with Gasteiger partial charge in [0.2, 0.25) is 0 Å². The number of nitrogens with one attached hydrogen (secondary N) is 2. The fourth-order valence-corrected chi connectivity index (χ4v) is 5.48. The standard InChI is InChI=1S/C29H23Cl2FN4O5S/c30-25-7-4-8-26(29(25)31)36(42(39,40)24-5-2-1-3-6-24)18-27(37)35-33-17-20-9-15-23(16-10-20)41-19-28(38)34-22-13-11-21(32)12-14-22/h1-17H,18-19H2,(H,34,38)(H,35,37)/b33-17-. The summed E-state index contributed by atoms with van der Waals surface area (Å²) >= 11 is 12.4. The normalized spacial score (nSPS) is 11.2. The summed E-state index contributed by atoms with van der Waals surface area (Å²) in [5, 5.41) is 6.60. The second-order valence-electron chi connectivity index (χ2n) is 8.60. The number of carbonyl (C=O) groups excluding carboxylic acids is 2. The summed E-state index contributed by atoms with van der Waals surface area (Å²) in [4.78, 5) is 24.8. The lowest BCUT2D eigenvalue weighted by Crippen LogP contribution is -2.39. The van der Waals surface area contributed by atoms with Crippen molar-refractivity contribution in [2.45, 2.75) is 4.90 Å². The van der Waals surface area contributed by atoms with E-state index in [-0.39, 0.29) is 27.2 Å². The second kappa shape index (κ2) is 13.9. The molecule has 0 aliphatic heterocycles. The van der Waals surface area contributed by atoms with Crippen molar-refractivity contribution in [2.75, 3.05) is 22.8 Å². The Kier molecular flexibility index (Phi) is 10.1. The van der Waals surface area contributed by atoms with E-state index in [1.807, 2.05) is 0 Å². The summed E-state index contributed by atoms with van der Waals surface area (Å²) in [5.74, 6) is -1.15. The van der Waals surface area contributed by atoms with Gasteiger partial charge in [-0.25, -0.2) is 18.2 Å². The highest BCUT2D eigenvalue weighted by Gasteiger charge is 2.29. The highest BCUT2D eigenvalue weighted by molar-refractivity contribution is 7.92. The number of benzene rings is 4. The molecule has 0 saturated heterocycles. The Hall–Kier alpha value is -4.45. The zero-order valence-corrected chi connectivity index (χ0v) is 24.0. The molecule has 9 nitrogen and oxygen atoms in total. The summed E-state index contributed by atoms with van der Waals surface area (Å²) in [6.07, 6.45) is 1.35. The Morgan fingerprint density at radius 3 is 2.26 bits per heavy atom. The molecule has 2 amide bonds. The SMILES string of the molecule is O=C(CN(c1cccc(Cl)c1Cl)S(=O)(=O)c1ccccc1)N/N=C\c1ccc(OCC(=O)Nc2ccc(F)cc2)cc1. The molecular weight excluding hydrogens is 606 g/mol. The maximum atomic E-state index is 13.4. The van der Waals surface area contributed by atoms with Crippen LogP contribution < -0.4 is 19.8 Å². The Balaban J connectivity index is 1.36. The van der Waals surface area contributed by atoms with Crippen molar-refractivity contribution in [1.29, 1.82) is 0 Å². The molecule has 4 aromatic rings. The van der Waals surface area contributed by atoms with Gasteiger partial charge in [-0.05, 0) is 78.4 Å². The summed E-state index contributed by atoms with van der Waals surface area (Å²) < 4.78 is 46.1. The van der Waals surface area contributed by atoms with Crippen molar-refractivity contribution in [3.8, 4) is 5.75 Å².